The second-order valence-corrected chi connectivity index (χ2v) is 4.10. The van der Waals surface area contributed by atoms with Crippen molar-refractivity contribution in [1.29, 1.82) is 0 Å². The predicted molar refractivity (Wildman–Crippen MR) is 66.8 cm³/mol. The smallest absolute Gasteiger partial charge is 0.256 e. The van der Waals surface area contributed by atoms with Crippen LogP contribution >= 0.6 is 0 Å². The highest BCUT2D eigenvalue weighted by Crippen LogP contribution is 2.18. The largest absolute Gasteiger partial charge is 0.545 e. The lowest BCUT2D eigenvalue weighted by Gasteiger charge is -2.10. The molecule has 6 heteroatoms. The number of aromatic carboxylic acids is 1. The number of anilines is 1. The van der Waals surface area contributed by atoms with Crippen molar-refractivity contribution < 1.29 is 14.7 Å². The molecule has 1 aromatic heterocycles. The molecule has 0 fully saturated rings. The van der Waals surface area contributed by atoms with E-state index >= 15 is 0 Å². The first-order chi connectivity index (χ1) is 9.00. The molecule has 1 amide bonds. The lowest BCUT2D eigenvalue weighted by atomic mass is 10.1. The van der Waals surface area contributed by atoms with Crippen molar-refractivity contribution in [3.8, 4) is 0 Å². The van der Waals surface area contributed by atoms with Crippen LogP contribution in [0.5, 0.6) is 0 Å². The molecule has 0 aliphatic rings. The minimum absolute atomic E-state index is 0.0579. The molecule has 19 heavy (non-hydrogen) atoms. The van der Waals surface area contributed by atoms with E-state index in [4.69, 9.17) is 0 Å². The van der Waals surface area contributed by atoms with Gasteiger partial charge in [-0.15, -0.1) is 0 Å². The number of nitrogens with zero attached hydrogens (tertiary/aromatic N) is 1. The van der Waals surface area contributed by atoms with Crippen LogP contribution in [-0.4, -0.2) is 22.1 Å². The number of amides is 1. The van der Waals surface area contributed by atoms with Crippen molar-refractivity contribution in [3.63, 3.8) is 0 Å². The van der Waals surface area contributed by atoms with Gasteiger partial charge in [0, 0.05) is 11.1 Å². The topological polar surface area (TPSA) is 97.9 Å². The van der Waals surface area contributed by atoms with Crippen LogP contribution in [0.4, 0.5) is 5.69 Å². The fourth-order valence-electron chi connectivity index (χ4n) is 1.78. The molecular weight excluding hydrogens is 246 g/mol. The highest BCUT2D eigenvalue weighted by atomic mass is 16.4. The quantitative estimate of drug-likeness (QED) is 0.844. The first-order valence-corrected chi connectivity index (χ1v) is 5.64. The van der Waals surface area contributed by atoms with E-state index in [0.29, 0.717) is 17.1 Å². The van der Waals surface area contributed by atoms with E-state index in [1.807, 2.05) is 0 Å². The van der Waals surface area contributed by atoms with Crippen LogP contribution < -0.4 is 10.4 Å². The van der Waals surface area contributed by atoms with Gasteiger partial charge in [0.25, 0.3) is 5.91 Å². The van der Waals surface area contributed by atoms with Gasteiger partial charge in [-0.05, 0) is 19.9 Å². The SMILES string of the molecule is Cc1n[nH]c(C)c1NC(=O)c1ccccc1C(=O)[O-]. The second kappa shape index (κ2) is 4.93. The minimum Gasteiger partial charge on any atom is -0.545 e. The van der Waals surface area contributed by atoms with E-state index < -0.39 is 11.9 Å². The van der Waals surface area contributed by atoms with E-state index in [1.165, 1.54) is 18.2 Å². The molecule has 1 heterocycles. The van der Waals surface area contributed by atoms with Gasteiger partial charge in [0.15, 0.2) is 0 Å². The average molecular weight is 258 g/mol. The molecule has 2 aromatic rings. The van der Waals surface area contributed by atoms with E-state index in [1.54, 1.807) is 19.9 Å². The normalized spacial score (nSPS) is 10.2. The zero-order valence-electron chi connectivity index (χ0n) is 10.5. The third kappa shape index (κ3) is 2.47. The molecule has 0 atom stereocenters. The number of aromatic nitrogens is 2. The molecule has 0 aliphatic carbocycles. The number of hydrogen-bond acceptors (Lipinski definition) is 4. The number of benzene rings is 1. The van der Waals surface area contributed by atoms with Crippen LogP contribution in [0.15, 0.2) is 24.3 Å². The Morgan fingerprint density at radius 1 is 1.21 bits per heavy atom. The lowest BCUT2D eigenvalue weighted by Crippen LogP contribution is -2.26. The zero-order valence-corrected chi connectivity index (χ0v) is 10.5. The number of H-pyrrole nitrogens is 1. The molecule has 98 valence electrons. The van der Waals surface area contributed by atoms with Gasteiger partial charge in [-0.2, -0.15) is 5.10 Å². The number of aryl methyl sites for hydroxylation is 2. The van der Waals surface area contributed by atoms with Crippen LogP contribution in [0.3, 0.4) is 0 Å². The number of carbonyl (C=O) groups excluding carboxylic acids is 2. The van der Waals surface area contributed by atoms with Gasteiger partial charge < -0.3 is 15.2 Å². The molecule has 6 nitrogen and oxygen atoms in total. The first-order valence-electron chi connectivity index (χ1n) is 5.64. The van der Waals surface area contributed by atoms with Crippen LogP contribution in [0.2, 0.25) is 0 Å². The van der Waals surface area contributed by atoms with Crippen LogP contribution in [0.25, 0.3) is 0 Å². The molecule has 2 rings (SSSR count). The van der Waals surface area contributed by atoms with Gasteiger partial charge in [0.05, 0.1) is 23.0 Å². The maximum absolute atomic E-state index is 12.1. The minimum atomic E-state index is -1.38. The lowest BCUT2D eigenvalue weighted by molar-refractivity contribution is -0.255. The Morgan fingerprint density at radius 3 is 2.37 bits per heavy atom. The highest BCUT2D eigenvalue weighted by Gasteiger charge is 2.15. The Bertz CT molecular complexity index is 627. The number of rotatable bonds is 3. The maximum Gasteiger partial charge on any atom is 0.256 e. The van der Waals surface area contributed by atoms with Crippen LogP contribution in [0, 0.1) is 13.8 Å². The number of carbonyl (C=O) groups is 2. The summed E-state index contributed by atoms with van der Waals surface area (Å²) in [5.41, 5.74) is 1.81. The first kappa shape index (κ1) is 12.8. The van der Waals surface area contributed by atoms with E-state index in [9.17, 15) is 14.7 Å². The fraction of sp³-hybridized carbons (Fsp3) is 0.154. The van der Waals surface area contributed by atoms with Crippen molar-refractivity contribution in [2.45, 2.75) is 13.8 Å². The van der Waals surface area contributed by atoms with Gasteiger partial charge in [-0.1, -0.05) is 18.2 Å². The maximum atomic E-state index is 12.1. The highest BCUT2D eigenvalue weighted by molar-refractivity contribution is 6.10. The van der Waals surface area contributed by atoms with Crippen LogP contribution in [0.1, 0.15) is 32.1 Å². The third-order valence-corrected chi connectivity index (χ3v) is 2.76. The fourth-order valence-corrected chi connectivity index (χ4v) is 1.78. The molecule has 0 spiro atoms. The zero-order chi connectivity index (χ0) is 14.0. The third-order valence-electron chi connectivity index (χ3n) is 2.76. The van der Waals surface area contributed by atoms with Crippen LogP contribution in [-0.2, 0) is 0 Å². The van der Waals surface area contributed by atoms with E-state index in [0.717, 1.165) is 0 Å². The number of carboxylic acid groups (broad SMARTS) is 1. The molecular formula is C13H12N3O3-. The Balaban J connectivity index is 2.33. The summed E-state index contributed by atoms with van der Waals surface area (Å²) in [5, 5.41) is 20.3. The molecule has 1 aromatic carbocycles. The van der Waals surface area contributed by atoms with E-state index in [2.05, 4.69) is 15.5 Å². The number of carboxylic acids is 1. The predicted octanol–water partition coefficient (Wildman–Crippen LogP) is 0.642. The van der Waals surface area contributed by atoms with Gasteiger partial charge in [-0.25, -0.2) is 0 Å². The molecule has 0 unspecified atom stereocenters. The molecule has 2 N–H and O–H groups in total. The van der Waals surface area contributed by atoms with Gasteiger partial charge in [-0.3, -0.25) is 9.89 Å². The summed E-state index contributed by atoms with van der Waals surface area (Å²) in [5.74, 6) is -1.89. The monoisotopic (exact) mass is 258 g/mol. The summed E-state index contributed by atoms with van der Waals surface area (Å²) in [4.78, 5) is 23.1. The summed E-state index contributed by atoms with van der Waals surface area (Å²) in [6.45, 7) is 3.50. The van der Waals surface area contributed by atoms with Crippen molar-refractivity contribution >= 4 is 17.6 Å². The molecule has 0 radical (unpaired) electrons. The number of nitrogens with one attached hydrogen (secondary N) is 2. The van der Waals surface area contributed by atoms with Crippen molar-refractivity contribution in [2.75, 3.05) is 5.32 Å². The molecule has 0 saturated carbocycles. The van der Waals surface area contributed by atoms with Crippen molar-refractivity contribution in [2.24, 2.45) is 0 Å². The molecule has 0 saturated heterocycles. The Morgan fingerprint density at radius 2 is 1.84 bits per heavy atom. The summed E-state index contributed by atoms with van der Waals surface area (Å²) in [6, 6.07) is 5.90. The second-order valence-electron chi connectivity index (χ2n) is 4.10. The summed E-state index contributed by atoms with van der Waals surface area (Å²) in [7, 11) is 0. The summed E-state index contributed by atoms with van der Waals surface area (Å²) >= 11 is 0. The molecule has 0 aliphatic heterocycles. The summed E-state index contributed by atoms with van der Waals surface area (Å²) in [6.07, 6.45) is 0. The average Bonchev–Trinajstić information content (AvgIpc) is 2.70. The Kier molecular flexibility index (Phi) is 3.33. The van der Waals surface area contributed by atoms with Crippen molar-refractivity contribution in [1.82, 2.24) is 10.2 Å². The van der Waals surface area contributed by atoms with Gasteiger partial charge in [0.1, 0.15) is 0 Å². The van der Waals surface area contributed by atoms with Crippen molar-refractivity contribution in [3.05, 3.63) is 46.8 Å². The van der Waals surface area contributed by atoms with E-state index in [-0.39, 0.29) is 11.1 Å². The Hall–Kier alpha value is -2.63. The molecule has 0 bridgehead atoms. The van der Waals surface area contributed by atoms with Gasteiger partial charge in [0.2, 0.25) is 0 Å². The summed E-state index contributed by atoms with van der Waals surface area (Å²) < 4.78 is 0. The Labute approximate surface area is 109 Å². The number of hydrogen-bond donors (Lipinski definition) is 2. The standard InChI is InChI=1S/C13H13N3O3/c1-7-11(8(2)16-15-7)14-12(17)9-5-3-4-6-10(9)13(18)19/h3-6H,1-2H3,(H,14,17)(H,15,16)(H,18,19)/p-1. The number of aromatic amines is 1. The van der Waals surface area contributed by atoms with Gasteiger partial charge >= 0.3 is 0 Å².